The van der Waals surface area contributed by atoms with E-state index in [4.69, 9.17) is 0 Å². The highest BCUT2D eigenvalue weighted by Gasteiger charge is 2.28. The van der Waals surface area contributed by atoms with Crippen LogP contribution in [-0.2, 0) is 0 Å². The zero-order valence-electron chi connectivity index (χ0n) is 12.9. The number of nitrogens with one attached hydrogen (secondary N) is 1. The number of halogens is 3. The minimum Gasteiger partial charge on any atom is -0.468 e. The van der Waals surface area contributed by atoms with Crippen molar-refractivity contribution in [3.63, 3.8) is 0 Å². The molecule has 1 fully saturated rings. The number of hydrogen-bond donors (Lipinski definition) is 1. The maximum atomic E-state index is 12.2. The van der Waals surface area contributed by atoms with Gasteiger partial charge in [-0.3, -0.25) is 4.79 Å². The van der Waals surface area contributed by atoms with Crippen LogP contribution in [-0.4, -0.2) is 29.7 Å². The van der Waals surface area contributed by atoms with Crippen molar-refractivity contribution in [2.45, 2.75) is 57.2 Å². The number of amides is 1. The fourth-order valence-electron chi connectivity index (χ4n) is 2.64. The minimum absolute atomic E-state index is 0.0757. The van der Waals surface area contributed by atoms with Crippen LogP contribution >= 0.6 is 0 Å². The third kappa shape index (κ3) is 6.46. The molecule has 1 N–H and O–H groups in total. The molecule has 1 aliphatic carbocycles. The number of rotatable bonds is 4. The number of pyridine rings is 1. The van der Waals surface area contributed by atoms with Gasteiger partial charge in [0.15, 0.2) is 6.61 Å². The van der Waals surface area contributed by atoms with E-state index < -0.39 is 12.8 Å². The molecule has 0 bridgehead atoms. The quantitative estimate of drug-likeness (QED) is 0.912. The SMILES string of the molecule is O=C(NC1CCCCCCC1)c1cccc(OCC(F)(F)F)n1. The van der Waals surface area contributed by atoms with Crippen molar-refractivity contribution in [1.29, 1.82) is 0 Å². The van der Waals surface area contributed by atoms with Crippen molar-refractivity contribution in [3.8, 4) is 5.88 Å². The highest BCUT2D eigenvalue weighted by molar-refractivity contribution is 5.92. The predicted molar refractivity (Wildman–Crippen MR) is 79.4 cm³/mol. The largest absolute Gasteiger partial charge is 0.468 e. The Hall–Kier alpha value is -1.79. The van der Waals surface area contributed by atoms with Gasteiger partial charge in [0.2, 0.25) is 5.88 Å². The molecule has 1 aromatic heterocycles. The molecule has 23 heavy (non-hydrogen) atoms. The molecule has 128 valence electrons. The van der Waals surface area contributed by atoms with Crippen LogP contribution in [0.3, 0.4) is 0 Å². The van der Waals surface area contributed by atoms with Crippen LogP contribution in [0.4, 0.5) is 13.2 Å². The van der Waals surface area contributed by atoms with Crippen LogP contribution < -0.4 is 10.1 Å². The molecule has 4 nitrogen and oxygen atoms in total. The molecular weight excluding hydrogens is 309 g/mol. The van der Waals surface area contributed by atoms with E-state index in [2.05, 4.69) is 15.0 Å². The molecule has 1 aromatic rings. The zero-order valence-corrected chi connectivity index (χ0v) is 12.9. The number of nitrogens with zero attached hydrogens (tertiary/aromatic N) is 1. The van der Waals surface area contributed by atoms with Crippen molar-refractivity contribution in [2.75, 3.05) is 6.61 Å². The van der Waals surface area contributed by atoms with E-state index in [0.29, 0.717) is 0 Å². The molecule has 0 aliphatic heterocycles. The number of carbonyl (C=O) groups excluding carboxylic acids is 1. The van der Waals surface area contributed by atoms with E-state index in [1.165, 1.54) is 37.5 Å². The van der Waals surface area contributed by atoms with E-state index in [9.17, 15) is 18.0 Å². The maximum Gasteiger partial charge on any atom is 0.422 e. The minimum atomic E-state index is -4.43. The molecule has 0 atom stereocenters. The Labute approximate surface area is 133 Å². The van der Waals surface area contributed by atoms with Crippen molar-refractivity contribution >= 4 is 5.91 Å². The van der Waals surface area contributed by atoms with Gasteiger partial charge in [-0.15, -0.1) is 0 Å². The standard InChI is InChI=1S/C16H21F3N2O2/c17-16(18,19)11-23-14-10-6-9-13(21-14)15(22)20-12-7-4-2-1-3-5-8-12/h6,9-10,12H,1-5,7-8,11H2,(H,20,22). The summed E-state index contributed by atoms with van der Waals surface area (Å²) in [6.07, 6.45) is 3.16. The summed E-state index contributed by atoms with van der Waals surface area (Å²) < 4.78 is 41.0. The van der Waals surface area contributed by atoms with Gasteiger partial charge in [-0.25, -0.2) is 4.98 Å². The van der Waals surface area contributed by atoms with Gasteiger partial charge in [0.05, 0.1) is 0 Å². The Kier molecular flexibility index (Phi) is 6.24. The van der Waals surface area contributed by atoms with Gasteiger partial charge in [0.1, 0.15) is 5.69 Å². The second-order valence-electron chi connectivity index (χ2n) is 5.78. The molecule has 0 saturated heterocycles. The molecule has 2 rings (SSSR count). The molecule has 1 amide bonds. The molecule has 1 heterocycles. The summed E-state index contributed by atoms with van der Waals surface area (Å²) in [6.45, 7) is -1.42. The lowest BCUT2D eigenvalue weighted by Gasteiger charge is -2.20. The van der Waals surface area contributed by atoms with Crippen molar-refractivity contribution < 1.29 is 22.7 Å². The second-order valence-corrected chi connectivity index (χ2v) is 5.78. The number of aromatic nitrogens is 1. The van der Waals surface area contributed by atoms with Gasteiger partial charge >= 0.3 is 6.18 Å². The van der Waals surface area contributed by atoms with E-state index in [1.807, 2.05) is 0 Å². The summed E-state index contributed by atoms with van der Waals surface area (Å²) in [7, 11) is 0. The number of ether oxygens (including phenoxy) is 1. The Bertz CT molecular complexity index is 512. The topological polar surface area (TPSA) is 51.2 Å². The summed E-state index contributed by atoms with van der Waals surface area (Å²) >= 11 is 0. The fraction of sp³-hybridized carbons (Fsp3) is 0.625. The summed E-state index contributed by atoms with van der Waals surface area (Å²) in [4.78, 5) is 16.1. The third-order valence-electron chi connectivity index (χ3n) is 3.78. The first-order chi connectivity index (χ1) is 10.9. The van der Waals surface area contributed by atoms with Gasteiger partial charge in [0, 0.05) is 12.1 Å². The van der Waals surface area contributed by atoms with E-state index in [1.54, 1.807) is 0 Å². The molecule has 0 spiro atoms. The molecular formula is C16H21F3N2O2. The number of carbonyl (C=O) groups is 1. The monoisotopic (exact) mass is 330 g/mol. The van der Waals surface area contributed by atoms with Crippen molar-refractivity contribution in [2.24, 2.45) is 0 Å². The smallest absolute Gasteiger partial charge is 0.422 e. The molecule has 7 heteroatoms. The van der Waals surface area contributed by atoms with Gasteiger partial charge in [-0.2, -0.15) is 13.2 Å². The van der Waals surface area contributed by atoms with E-state index >= 15 is 0 Å². The average molecular weight is 330 g/mol. The molecule has 1 aliphatic rings. The lowest BCUT2D eigenvalue weighted by Crippen LogP contribution is -2.35. The summed E-state index contributed by atoms with van der Waals surface area (Å²) in [6, 6.07) is 4.34. The molecule has 0 radical (unpaired) electrons. The normalized spacial score (nSPS) is 17.2. The molecule has 0 unspecified atom stereocenters. The summed E-state index contributed by atoms with van der Waals surface area (Å²) in [5.74, 6) is -0.569. The fourth-order valence-corrected chi connectivity index (χ4v) is 2.64. The first-order valence-electron chi connectivity index (χ1n) is 7.91. The third-order valence-corrected chi connectivity index (χ3v) is 3.78. The average Bonchev–Trinajstić information content (AvgIpc) is 2.47. The van der Waals surface area contributed by atoms with Crippen LogP contribution in [0.2, 0.25) is 0 Å². The highest BCUT2D eigenvalue weighted by Crippen LogP contribution is 2.19. The summed E-state index contributed by atoms with van der Waals surface area (Å²) in [5.41, 5.74) is 0.0757. The van der Waals surface area contributed by atoms with Gasteiger partial charge in [-0.1, -0.05) is 38.2 Å². The van der Waals surface area contributed by atoms with Crippen LogP contribution in [0.15, 0.2) is 18.2 Å². The zero-order chi connectivity index (χ0) is 16.7. The first kappa shape index (κ1) is 17.6. The van der Waals surface area contributed by atoms with E-state index in [0.717, 1.165) is 25.7 Å². The predicted octanol–water partition coefficient (Wildman–Crippen LogP) is 3.87. The molecule has 0 aromatic carbocycles. The van der Waals surface area contributed by atoms with Gasteiger partial charge < -0.3 is 10.1 Å². The van der Waals surface area contributed by atoms with Crippen LogP contribution in [0.5, 0.6) is 5.88 Å². The van der Waals surface area contributed by atoms with E-state index in [-0.39, 0.29) is 23.5 Å². The van der Waals surface area contributed by atoms with Gasteiger partial charge in [0.25, 0.3) is 5.91 Å². The van der Waals surface area contributed by atoms with Crippen LogP contribution in [0.1, 0.15) is 55.4 Å². The summed E-state index contributed by atoms with van der Waals surface area (Å²) in [5, 5.41) is 2.92. The Morgan fingerprint density at radius 2 is 1.83 bits per heavy atom. The van der Waals surface area contributed by atoms with Crippen molar-refractivity contribution in [1.82, 2.24) is 10.3 Å². The van der Waals surface area contributed by atoms with Crippen LogP contribution in [0.25, 0.3) is 0 Å². The Balaban J connectivity index is 1.93. The lowest BCUT2D eigenvalue weighted by molar-refractivity contribution is -0.154. The number of alkyl halides is 3. The van der Waals surface area contributed by atoms with Gasteiger partial charge in [-0.05, 0) is 18.9 Å². The second kappa shape index (κ2) is 8.17. The maximum absolute atomic E-state index is 12.2. The lowest BCUT2D eigenvalue weighted by atomic mass is 9.96. The Morgan fingerprint density at radius 1 is 1.17 bits per heavy atom. The molecule has 1 saturated carbocycles. The number of hydrogen-bond acceptors (Lipinski definition) is 3. The highest BCUT2D eigenvalue weighted by atomic mass is 19.4. The van der Waals surface area contributed by atoms with Crippen molar-refractivity contribution in [3.05, 3.63) is 23.9 Å². The Morgan fingerprint density at radius 3 is 2.48 bits per heavy atom. The first-order valence-corrected chi connectivity index (χ1v) is 7.91. The van der Waals surface area contributed by atoms with Crippen LogP contribution in [0, 0.1) is 0 Å².